The first-order chi connectivity index (χ1) is 5.81. The Balaban J connectivity index is 3.15. The topological polar surface area (TPSA) is 75.6 Å². The summed E-state index contributed by atoms with van der Waals surface area (Å²) < 4.78 is 4.72. The largest absolute Gasteiger partial charge is 0.394 e. The average Bonchev–Trinajstić information content (AvgIpc) is 2.06. The van der Waals surface area contributed by atoms with Crippen LogP contribution in [0, 0.1) is 0 Å². The van der Waals surface area contributed by atoms with Crippen molar-refractivity contribution in [1.82, 2.24) is 5.32 Å². The number of nitrogens with one attached hydrogen (secondary N) is 1. The summed E-state index contributed by atoms with van der Waals surface area (Å²) in [4.78, 5) is 20.6. The number of hydrogen-bond donors (Lipinski definition) is 2. The molecule has 5 nitrogen and oxygen atoms in total. The van der Waals surface area contributed by atoms with Crippen LogP contribution in [0.5, 0.6) is 0 Å². The van der Waals surface area contributed by atoms with Crippen molar-refractivity contribution in [3.8, 4) is 0 Å². The van der Waals surface area contributed by atoms with Crippen LogP contribution in [0.3, 0.4) is 0 Å². The van der Waals surface area contributed by atoms with Crippen LogP contribution in [0.2, 0.25) is 0 Å². The van der Waals surface area contributed by atoms with E-state index in [4.69, 9.17) is 9.84 Å². The van der Waals surface area contributed by atoms with Crippen molar-refractivity contribution in [3.63, 3.8) is 0 Å². The Hall–Kier alpha value is -0.940. The molecule has 0 aliphatic rings. The monoisotopic (exact) mass is 175 g/mol. The van der Waals surface area contributed by atoms with Gasteiger partial charge >= 0.3 is 0 Å². The van der Waals surface area contributed by atoms with Crippen molar-refractivity contribution in [2.24, 2.45) is 0 Å². The van der Waals surface area contributed by atoms with E-state index in [1.54, 1.807) is 0 Å². The smallest absolute Gasteiger partial charge is 0.246 e. The lowest BCUT2D eigenvalue weighted by molar-refractivity contribution is -0.125. The molecule has 12 heavy (non-hydrogen) atoms. The normalized spacial score (nSPS) is 9.42. The number of aliphatic hydroxyl groups is 1. The highest BCUT2D eigenvalue weighted by molar-refractivity contribution is 5.77. The van der Waals surface area contributed by atoms with Crippen molar-refractivity contribution < 1.29 is 19.4 Å². The molecule has 0 bridgehead atoms. The molecule has 0 aromatic rings. The third kappa shape index (κ3) is 7.17. The lowest BCUT2D eigenvalue weighted by Gasteiger charge is -2.02. The number of aliphatic hydroxyl groups excluding tert-OH is 1. The van der Waals surface area contributed by atoms with E-state index in [-0.39, 0.29) is 25.7 Å². The van der Waals surface area contributed by atoms with Crippen molar-refractivity contribution in [2.75, 3.05) is 26.4 Å². The van der Waals surface area contributed by atoms with Crippen LogP contribution in [0.25, 0.3) is 0 Å². The van der Waals surface area contributed by atoms with Crippen molar-refractivity contribution in [1.29, 1.82) is 0 Å². The highest BCUT2D eigenvalue weighted by atomic mass is 16.5. The molecule has 2 N–H and O–H groups in total. The summed E-state index contributed by atoms with van der Waals surface area (Å²) in [5.74, 6) is -0.273. The Morgan fingerprint density at radius 3 is 2.92 bits per heavy atom. The van der Waals surface area contributed by atoms with Gasteiger partial charge in [0.1, 0.15) is 12.9 Å². The SMILES string of the molecule is O=CCCNC(=O)COCCO. The Morgan fingerprint density at radius 2 is 2.33 bits per heavy atom. The van der Waals surface area contributed by atoms with Gasteiger partial charge in [0.05, 0.1) is 13.2 Å². The van der Waals surface area contributed by atoms with Crippen molar-refractivity contribution in [2.45, 2.75) is 6.42 Å². The molecule has 0 unspecified atom stereocenters. The molecule has 0 rings (SSSR count). The molecule has 0 aromatic carbocycles. The first kappa shape index (κ1) is 11.1. The minimum atomic E-state index is -0.273. The van der Waals surface area contributed by atoms with Crippen LogP contribution < -0.4 is 5.32 Å². The molecule has 70 valence electrons. The molecule has 0 radical (unpaired) electrons. The van der Waals surface area contributed by atoms with Crippen molar-refractivity contribution >= 4 is 12.2 Å². The van der Waals surface area contributed by atoms with Crippen LogP contribution in [0.15, 0.2) is 0 Å². The van der Waals surface area contributed by atoms with Gasteiger partial charge in [-0.15, -0.1) is 0 Å². The van der Waals surface area contributed by atoms with E-state index in [0.29, 0.717) is 13.0 Å². The second-order valence-electron chi connectivity index (χ2n) is 2.08. The second-order valence-corrected chi connectivity index (χ2v) is 2.08. The highest BCUT2D eigenvalue weighted by Crippen LogP contribution is 1.75. The number of amides is 1. The van der Waals surface area contributed by atoms with Crippen LogP contribution >= 0.6 is 0 Å². The first-order valence-corrected chi connectivity index (χ1v) is 3.70. The van der Waals surface area contributed by atoms with Crippen LogP contribution in [-0.4, -0.2) is 43.7 Å². The van der Waals surface area contributed by atoms with E-state index in [2.05, 4.69) is 5.32 Å². The van der Waals surface area contributed by atoms with Gasteiger partial charge in [0.25, 0.3) is 0 Å². The zero-order valence-electron chi connectivity index (χ0n) is 6.78. The molecule has 1 amide bonds. The maximum Gasteiger partial charge on any atom is 0.246 e. The lowest BCUT2D eigenvalue weighted by Crippen LogP contribution is -2.29. The maximum atomic E-state index is 10.8. The predicted octanol–water partition coefficient (Wildman–Crippen LogP) is -1.30. The van der Waals surface area contributed by atoms with Gasteiger partial charge in [-0.2, -0.15) is 0 Å². The van der Waals surface area contributed by atoms with Gasteiger partial charge in [-0.25, -0.2) is 0 Å². The van der Waals surface area contributed by atoms with Gasteiger partial charge in [0.15, 0.2) is 0 Å². The third-order valence-electron chi connectivity index (χ3n) is 1.05. The third-order valence-corrected chi connectivity index (χ3v) is 1.05. The minimum absolute atomic E-state index is 0.0700. The Labute approximate surface area is 70.7 Å². The van der Waals surface area contributed by atoms with Crippen LogP contribution in [0.1, 0.15) is 6.42 Å². The van der Waals surface area contributed by atoms with E-state index in [9.17, 15) is 9.59 Å². The fourth-order valence-corrected chi connectivity index (χ4v) is 0.551. The van der Waals surface area contributed by atoms with Gasteiger partial charge in [-0.1, -0.05) is 0 Å². The van der Waals surface area contributed by atoms with Gasteiger partial charge < -0.3 is 20.0 Å². The summed E-state index contributed by atoms with van der Waals surface area (Å²) in [6.07, 6.45) is 1.04. The molecule has 0 saturated heterocycles. The molecule has 0 fully saturated rings. The average molecular weight is 175 g/mol. The highest BCUT2D eigenvalue weighted by Gasteiger charge is 1.98. The van der Waals surface area contributed by atoms with Gasteiger partial charge in [-0.3, -0.25) is 4.79 Å². The summed E-state index contributed by atoms with van der Waals surface area (Å²) in [5.41, 5.74) is 0. The zero-order valence-corrected chi connectivity index (χ0v) is 6.78. The minimum Gasteiger partial charge on any atom is -0.394 e. The maximum absolute atomic E-state index is 10.8. The molecule has 0 aromatic heterocycles. The van der Waals surface area contributed by atoms with E-state index in [1.807, 2.05) is 0 Å². The molecular weight excluding hydrogens is 162 g/mol. The number of carbonyl (C=O) groups excluding carboxylic acids is 2. The summed E-state index contributed by atoms with van der Waals surface area (Å²) in [5, 5.41) is 10.8. The molecule has 0 spiro atoms. The van der Waals surface area contributed by atoms with E-state index in [0.717, 1.165) is 6.29 Å². The molecule has 0 heterocycles. The number of rotatable bonds is 7. The van der Waals surface area contributed by atoms with E-state index < -0.39 is 0 Å². The summed E-state index contributed by atoms with van der Waals surface area (Å²) >= 11 is 0. The summed E-state index contributed by atoms with van der Waals surface area (Å²) in [6, 6.07) is 0. The van der Waals surface area contributed by atoms with E-state index in [1.165, 1.54) is 0 Å². The Morgan fingerprint density at radius 1 is 1.58 bits per heavy atom. The predicted molar refractivity (Wildman–Crippen MR) is 41.6 cm³/mol. The van der Waals surface area contributed by atoms with Gasteiger partial charge in [0, 0.05) is 13.0 Å². The quantitative estimate of drug-likeness (QED) is 0.372. The van der Waals surface area contributed by atoms with Gasteiger partial charge in [0.2, 0.25) is 5.91 Å². The summed E-state index contributed by atoms with van der Waals surface area (Å²) in [6.45, 7) is 0.326. The van der Waals surface area contributed by atoms with Gasteiger partial charge in [-0.05, 0) is 0 Å². The second kappa shape index (κ2) is 8.16. The first-order valence-electron chi connectivity index (χ1n) is 3.70. The Bertz CT molecular complexity index is 137. The number of hydrogen-bond acceptors (Lipinski definition) is 4. The number of ether oxygens (including phenoxy) is 1. The molecule has 0 aliphatic carbocycles. The van der Waals surface area contributed by atoms with E-state index >= 15 is 0 Å². The summed E-state index contributed by atoms with van der Waals surface area (Å²) in [7, 11) is 0. The number of carbonyl (C=O) groups is 2. The number of aldehydes is 1. The molecule has 0 aliphatic heterocycles. The van der Waals surface area contributed by atoms with Crippen LogP contribution in [0.4, 0.5) is 0 Å². The molecular formula is C7H13NO4. The molecule has 5 heteroatoms. The Kier molecular flexibility index (Phi) is 7.52. The van der Waals surface area contributed by atoms with Crippen LogP contribution in [-0.2, 0) is 14.3 Å². The standard InChI is InChI=1S/C7H13NO4/c9-3-1-2-8-7(11)6-12-5-4-10/h3,10H,1-2,4-6H2,(H,8,11). The zero-order chi connectivity index (χ0) is 9.23. The molecule has 0 atom stereocenters. The lowest BCUT2D eigenvalue weighted by atomic mass is 10.4. The fraction of sp³-hybridized carbons (Fsp3) is 0.714. The van der Waals surface area contributed by atoms with Crippen molar-refractivity contribution in [3.05, 3.63) is 0 Å². The fourth-order valence-electron chi connectivity index (χ4n) is 0.551. The molecule has 0 saturated carbocycles.